The van der Waals surface area contributed by atoms with Crippen molar-refractivity contribution in [3.63, 3.8) is 0 Å². The van der Waals surface area contributed by atoms with Crippen molar-refractivity contribution in [2.24, 2.45) is 0 Å². The molecule has 3 rings (SSSR count). The molecule has 1 aromatic heterocycles. The fourth-order valence-corrected chi connectivity index (χ4v) is 2.45. The summed E-state index contributed by atoms with van der Waals surface area (Å²) in [5, 5.41) is 6.02. The Labute approximate surface area is 155 Å². The van der Waals surface area contributed by atoms with Gasteiger partial charge in [0.05, 0.1) is 14.2 Å². The molecule has 2 aromatic carbocycles. The van der Waals surface area contributed by atoms with Crippen LogP contribution in [0.3, 0.4) is 0 Å². The Bertz CT molecular complexity index is 966. The highest BCUT2D eigenvalue weighted by Gasteiger charge is 2.08. The van der Waals surface area contributed by atoms with Crippen LogP contribution in [0, 0.1) is 18.6 Å². The summed E-state index contributed by atoms with van der Waals surface area (Å²) >= 11 is 0. The van der Waals surface area contributed by atoms with Crippen molar-refractivity contribution in [1.82, 2.24) is 9.97 Å². The molecule has 2 N–H and O–H groups in total. The molecule has 6 nitrogen and oxygen atoms in total. The maximum absolute atomic E-state index is 13.4. The van der Waals surface area contributed by atoms with Gasteiger partial charge in [-0.1, -0.05) is 0 Å². The fourth-order valence-electron chi connectivity index (χ4n) is 2.45. The number of aromatic nitrogens is 2. The molecule has 0 saturated heterocycles. The predicted molar refractivity (Wildman–Crippen MR) is 99.2 cm³/mol. The van der Waals surface area contributed by atoms with Crippen LogP contribution in [-0.2, 0) is 0 Å². The summed E-state index contributed by atoms with van der Waals surface area (Å²) in [5.41, 5.74) is 1.78. The number of hydrogen-bond donors (Lipinski definition) is 2. The van der Waals surface area contributed by atoms with Crippen molar-refractivity contribution in [2.75, 3.05) is 24.9 Å². The Balaban J connectivity index is 1.84. The number of nitrogens with one attached hydrogen (secondary N) is 2. The molecule has 0 aliphatic carbocycles. The first-order valence-corrected chi connectivity index (χ1v) is 8.05. The largest absolute Gasteiger partial charge is 0.493 e. The van der Waals surface area contributed by atoms with Gasteiger partial charge in [0.2, 0.25) is 5.95 Å². The second-order valence-corrected chi connectivity index (χ2v) is 5.67. The van der Waals surface area contributed by atoms with Gasteiger partial charge in [0.25, 0.3) is 0 Å². The van der Waals surface area contributed by atoms with Crippen LogP contribution in [0.5, 0.6) is 11.5 Å². The minimum atomic E-state index is -0.948. The zero-order valence-electron chi connectivity index (χ0n) is 15.0. The first-order valence-electron chi connectivity index (χ1n) is 8.05. The molecular formula is C19H18F2N4O2. The summed E-state index contributed by atoms with van der Waals surface area (Å²) in [4.78, 5) is 8.61. The molecule has 0 radical (unpaired) electrons. The molecule has 3 aromatic rings. The first kappa shape index (κ1) is 18.4. The van der Waals surface area contributed by atoms with Crippen molar-refractivity contribution < 1.29 is 18.3 Å². The lowest BCUT2D eigenvalue weighted by molar-refractivity contribution is 0.355. The molecule has 0 amide bonds. The third kappa shape index (κ3) is 4.41. The number of nitrogens with zero attached hydrogens (tertiary/aromatic N) is 2. The summed E-state index contributed by atoms with van der Waals surface area (Å²) in [5.74, 6) is 0.109. The SMILES string of the molecule is COc1ccc(Nc2cc(C)nc(Nc3ccc(F)c(F)c3)n2)cc1OC. The Hall–Kier alpha value is -3.42. The van der Waals surface area contributed by atoms with Gasteiger partial charge >= 0.3 is 0 Å². The predicted octanol–water partition coefficient (Wildman–Crippen LogP) is 4.57. The normalized spacial score (nSPS) is 10.4. The number of benzene rings is 2. The van der Waals surface area contributed by atoms with E-state index >= 15 is 0 Å². The number of halogens is 2. The van der Waals surface area contributed by atoms with Crippen LogP contribution >= 0.6 is 0 Å². The zero-order chi connectivity index (χ0) is 19.4. The van der Waals surface area contributed by atoms with E-state index in [-0.39, 0.29) is 5.95 Å². The zero-order valence-corrected chi connectivity index (χ0v) is 15.0. The molecule has 0 fully saturated rings. The highest BCUT2D eigenvalue weighted by atomic mass is 19.2. The maximum Gasteiger partial charge on any atom is 0.229 e. The molecule has 0 atom stereocenters. The van der Waals surface area contributed by atoms with Gasteiger partial charge in [-0.05, 0) is 31.2 Å². The number of rotatable bonds is 6. The molecule has 0 spiro atoms. The quantitative estimate of drug-likeness (QED) is 0.661. The molecule has 8 heteroatoms. The van der Waals surface area contributed by atoms with Crippen molar-refractivity contribution >= 4 is 23.1 Å². The minimum Gasteiger partial charge on any atom is -0.493 e. The van der Waals surface area contributed by atoms with E-state index in [9.17, 15) is 8.78 Å². The first-order chi connectivity index (χ1) is 13.0. The third-order valence-electron chi connectivity index (χ3n) is 3.69. The number of methoxy groups -OCH3 is 2. The van der Waals surface area contributed by atoms with Crippen LogP contribution in [0.15, 0.2) is 42.5 Å². The van der Waals surface area contributed by atoms with Crippen molar-refractivity contribution in [3.8, 4) is 11.5 Å². The van der Waals surface area contributed by atoms with Crippen molar-refractivity contribution in [3.05, 3.63) is 59.8 Å². The van der Waals surface area contributed by atoms with Crippen molar-refractivity contribution in [1.29, 1.82) is 0 Å². The Morgan fingerprint density at radius 2 is 1.48 bits per heavy atom. The second kappa shape index (κ2) is 7.86. The van der Waals surface area contributed by atoms with Crippen LogP contribution in [0.4, 0.5) is 31.9 Å². The summed E-state index contributed by atoms with van der Waals surface area (Å²) in [6.07, 6.45) is 0. The maximum atomic E-state index is 13.4. The van der Waals surface area contributed by atoms with Gasteiger partial charge in [0, 0.05) is 35.3 Å². The Morgan fingerprint density at radius 1 is 0.778 bits per heavy atom. The van der Waals surface area contributed by atoms with Gasteiger partial charge in [-0.15, -0.1) is 0 Å². The highest BCUT2D eigenvalue weighted by molar-refractivity contribution is 5.63. The molecule has 1 heterocycles. The van der Waals surface area contributed by atoms with E-state index in [0.29, 0.717) is 28.7 Å². The van der Waals surface area contributed by atoms with E-state index in [1.54, 1.807) is 39.3 Å². The molecule has 0 bridgehead atoms. The van der Waals surface area contributed by atoms with E-state index in [1.165, 1.54) is 6.07 Å². The summed E-state index contributed by atoms with van der Waals surface area (Å²) in [6, 6.07) is 10.6. The number of aryl methyl sites for hydroxylation is 1. The summed E-state index contributed by atoms with van der Waals surface area (Å²) < 4.78 is 36.9. The summed E-state index contributed by atoms with van der Waals surface area (Å²) in [7, 11) is 3.12. The van der Waals surface area contributed by atoms with E-state index in [0.717, 1.165) is 17.8 Å². The van der Waals surface area contributed by atoms with Gasteiger partial charge in [-0.2, -0.15) is 4.98 Å². The van der Waals surface area contributed by atoms with Crippen LogP contribution < -0.4 is 20.1 Å². The molecule has 27 heavy (non-hydrogen) atoms. The van der Waals surface area contributed by atoms with Gasteiger partial charge < -0.3 is 20.1 Å². The van der Waals surface area contributed by atoms with Crippen molar-refractivity contribution in [2.45, 2.75) is 6.92 Å². The molecule has 0 aliphatic rings. The van der Waals surface area contributed by atoms with Gasteiger partial charge in [-0.25, -0.2) is 13.8 Å². The number of ether oxygens (including phenoxy) is 2. The highest BCUT2D eigenvalue weighted by Crippen LogP contribution is 2.31. The average molecular weight is 372 g/mol. The van der Waals surface area contributed by atoms with Crippen LogP contribution in [0.2, 0.25) is 0 Å². The van der Waals surface area contributed by atoms with Gasteiger partial charge in [0.1, 0.15) is 5.82 Å². The average Bonchev–Trinajstić information content (AvgIpc) is 2.64. The molecule has 0 aliphatic heterocycles. The summed E-state index contributed by atoms with van der Waals surface area (Å²) in [6.45, 7) is 1.80. The Morgan fingerprint density at radius 3 is 2.19 bits per heavy atom. The van der Waals surface area contributed by atoms with E-state index in [1.807, 2.05) is 6.07 Å². The standard InChI is InChI=1S/C19H18F2N4O2/c1-11-8-18(23-13-5-7-16(26-2)17(10-13)27-3)25-19(22-11)24-12-4-6-14(20)15(21)9-12/h4-10H,1-3H3,(H2,22,23,24,25). The minimum absolute atomic E-state index is 0.254. The smallest absolute Gasteiger partial charge is 0.229 e. The van der Waals surface area contributed by atoms with E-state index in [4.69, 9.17) is 9.47 Å². The number of anilines is 4. The Kier molecular flexibility index (Phi) is 5.35. The number of hydrogen-bond acceptors (Lipinski definition) is 6. The third-order valence-corrected chi connectivity index (χ3v) is 3.69. The van der Waals surface area contributed by atoms with Gasteiger partial charge in [0.15, 0.2) is 23.1 Å². The van der Waals surface area contributed by atoms with E-state index in [2.05, 4.69) is 20.6 Å². The second-order valence-electron chi connectivity index (χ2n) is 5.67. The van der Waals surface area contributed by atoms with Gasteiger partial charge in [-0.3, -0.25) is 0 Å². The molecule has 140 valence electrons. The molecular weight excluding hydrogens is 354 g/mol. The molecule has 0 saturated carbocycles. The lowest BCUT2D eigenvalue weighted by Crippen LogP contribution is -2.03. The topological polar surface area (TPSA) is 68.3 Å². The van der Waals surface area contributed by atoms with Crippen LogP contribution in [-0.4, -0.2) is 24.2 Å². The molecule has 0 unspecified atom stereocenters. The fraction of sp³-hybridized carbons (Fsp3) is 0.158. The van der Waals surface area contributed by atoms with E-state index < -0.39 is 11.6 Å². The lowest BCUT2D eigenvalue weighted by Gasteiger charge is -2.12. The van der Waals surface area contributed by atoms with Crippen LogP contribution in [0.1, 0.15) is 5.69 Å². The van der Waals surface area contributed by atoms with Crippen LogP contribution in [0.25, 0.3) is 0 Å². The lowest BCUT2D eigenvalue weighted by atomic mass is 10.2. The monoisotopic (exact) mass is 372 g/mol.